The van der Waals surface area contributed by atoms with E-state index in [1.54, 1.807) is 0 Å². The van der Waals surface area contributed by atoms with Crippen molar-refractivity contribution in [1.82, 2.24) is 15.5 Å². The first-order chi connectivity index (χ1) is 15.6. The number of rotatable bonds is 10. The maximum absolute atomic E-state index is 6.23. The van der Waals surface area contributed by atoms with E-state index >= 15 is 0 Å². The summed E-state index contributed by atoms with van der Waals surface area (Å²) in [6.07, 6.45) is 1.08. The zero-order valence-electron chi connectivity index (χ0n) is 20.0. The summed E-state index contributed by atoms with van der Waals surface area (Å²) >= 11 is 0. The van der Waals surface area contributed by atoms with Crippen molar-refractivity contribution >= 4 is 5.96 Å². The van der Waals surface area contributed by atoms with Crippen LogP contribution in [-0.2, 0) is 24.4 Å². The summed E-state index contributed by atoms with van der Waals surface area (Å²) in [7, 11) is 2.14. The highest BCUT2D eigenvalue weighted by Gasteiger charge is 2.18. The largest absolute Gasteiger partial charge is 0.488 e. The molecule has 2 aromatic rings. The van der Waals surface area contributed by atoms with Gasteiger partial charge in [0, 0.05) is 31.6 Å². The predicted molar refractivity (Wildman–Crippen MR) is 131 cm³/mol. The van der Waals surface area contributed by atoms with E-state index in [0.717, 1.165) is 49.9 Å². The molecule has 1 aliphatic rings. The first-order valence-corrected chi connectivity index (χ1v) is 11.7. The Morgan fingerprint density at radius 2 is 2.00 bits per heavy atom. The van der Waals surface area contributed by atoms with Crippen molar-refractivity contribution in [3.05, 3.63) is 64.7 Å². The molecule has 0 bridgehead atoms. The molecule has 0 aromatic heterocycles. The monoisotopic (exact) mass is 438 g/mol. The molecule has 0 amide bonds. The van der Waals surface area contributed by atoms with Crippen molar-refractivity contribution in [2.45, 2.75) is 52.9 Å². The molecule has 2 N–H and O–H groups in total. The predicted octanol–water partition coefficient (Wildman–Crippen LogP) is 3.87. The van der Waals surface area contributed by atoms with Gasteiger partial charge >= 0.3 is 0 Å². The number of nitrogens with zero attached hydrogens (tertiary/aromatic N) is 2. The normalized spacial score (nSPS) is 16.4. The van der Waals surface area contributed by atoms with Gasteiger partial charge in [0.2, 0.25) is 0 Å². The maximum Gasteiger partial charge on any atom is 0.191 e. The molecule has 1 fully saturated rings. The molecule has 1 unspecified atom stereocenters. The molecule has 6 nitrogen and oxygen atoms in total. The van der Waals surface area contributed by atoms with Gasteiger partial charge in [0.05, 0.1) is 19.8 Å². The zero-order valence-corrected chi connectivity index (χ0v) is 20.0. The van der Waals surface area contributed by atoms with E-state index in [2.05, 4.69) is 85.8 Å². The summed E-state index contributed by atoms with van der Waals surface area (Å²) in [6.45, 7) is 11.9. The Bertz CT molecular complexity index is 878. The number of ether oxygens (including phenoxy) is 2. The van der Waals surface area contributed by atoms with E-state index in [4.69, 9.17) is 14.5 Å². The van der Waals surface area contributed by atoms with E-state index in [-0.39, 0.29) is 6.10 Å². The lowest BCUT2D eigenvalue weighted by Crippen LogP contribution is -2.37. The lowest BCUT2D eigenvalue weighted by molar-refractivity contribution is 0.140. The molecule has 3 rings (SSSR count). The molecule has 0 aliphatic carbocycles. The van der Waals surface area contributed by atoms with E-state index < -0.39 is 0 Å². The molecule has 1 aliphatic heterocycles. The number of nitrogens with one attached hydrogen (secondary N) is 2. The molecular formula is C26H38N4O2. The first kappa shape index (κ1) is 24.1. The third-order valence-corrected chi connectivity index (χ3v) is 5.60. The Hall–Kier alpha value is -2.57. The van der Waals surface area contributed by atoms with Gasteiger partial charge in [-0.05, 0) is 50.2 Å². The van der Waals surface area contributed by atoms with Crippen LogP contribution in [0.2, 0.25) is 0 Å². The van der Waals surface area contributed by atoms with E-state index in [9.17, 15) is 0 Å². The van der Waals surface area contributed by atoms with Gasteiger partial charge in [0.1, 0.15) is 11.9 Å². The molecule has 0 spiro atoms. The maximum atomic E-state index is 6.23. The van der Waals surface area contributed by atoms with Gasteiger partial charge in [-0.25, -0.2) is 4.99 Å². The Labute approximate surface area is 193 Å². The molecule has 1 saturated heterocycles. The third kappa shape index (κ3) is 7.53. The van der Waals surface area contributed by atoms with Crippen LogP contribution in [0.4, 0.5) is 0 Å². The van der Waals surface area contributed by atoms with Crippen LogP contribution in [0.3, 0.4) is 0 Å². The van der Waals surface area contributed by atoms with Crippen LogP contribution in [0.25, 0.3) is 0 Å². The molecule has 1 atom stereocenters. The fraction of sp³-hybridized carbons (Fsp3) is 0.500. The highest BCUT2D eigenvalue weighted by molar-refractivity contribution is 5.79. The van der Waals surface area contributed by atoms with Crippen molar-refractivity contribution in [2.75, 3.05) is 33.4 Å². The smallest absolute Gasteiger partial charge is 0.191 e. The van der Waals surface area contributed by atoms with Crippen LogP contribution in [0.5, 0.6) is 5.75 Å². The quantitative estimate of drug-likeness (QED) is 0.436. The second kappa shape index (κ2) is 12.5. The summed E-state index contributed by atoms with van der Waals surface area (Å²) in [5.74, 6) is 1.73. The Morgan fingerprint density at radius 1 is 1.16 bits per heavy atom. The Morgan fingerprint density at radius 3 is 2.75 bits per heavy atom. The van der Waals surface area contributed by atoms with Crippen LogP contribution in [0.15, 0.2) is 47.5 Å². The Balaban J connectivity index is 1.64. The number of guanidine groups is 1. The van der Waals surface area contributed by atoms with Crippen molar-refractivity contribution in [3.8, 4) is 5.75 Å². The average molecular weight is 439 g/mol. The highest BCUT2D eigenvalue weighted by Crippen LogP contribution is 2.23. The lowest BCUT2D eigenvalue weighted by atomic mass is 10.1. The van der Waals surface area contributed by atoms with E-state index in [1.165, 1.54) is 16.7 Å². The minimum Gasteiger partial charge on any atom is -0.488 e. The summed E-state index contributed by atoms with van der Waals surface area (Å²) in [4.78, 5) is 7.11. The van der Waals surface area contributed by atoms with Crippen LogP contribution < -0.4 is 15.4 Å². The highest BCUT2D eigenvalue weighted by atomic mass is 16.5. The minimum atomic E-state index is 0.136. The van der Waals surface area contributed by atoms with Crippen molar-refractivity contribution in [3.63, 3.8) is 0 Å². The first-order valence-electron chi connectivity index (χ1n) is 11.7. The number of aryl methyl sites for hydroxylation is 1. The summed E-state index contributed by atoms with van der Waals surface area (Å²) in [5.41, 5.74) is 4.84. The SMILES string of the molecule is CCNC(=NCc1cccc(CN(C)CC)c1)NCc1ccc(C)cc1OC1CCOC1. The molecule has 6 heteroatoms. The molecule has 1 heterocycles. The van der Waals surface area contributed by atoms with Gasteiger partial charge in [0.15, 0.2) is 5.96 Å². The van der Waals surface area contributed by atoms with Crippen LogP contribution in [-0.4, -0.2) is 50.3 Å². The standard InChI is InChI=1S/C26H38N4O2/c1-5-27-26(28-16-21-8-7-9-22(15-21)18-30(4)6-2)29-17-23-11-10-20(3)14-25(23)32-24-12-13-31-19-24/h7-11,14-15,24H,5-6,12-13,16-19H2,1-4H3,(H2,27,28,29). The fourth-order valence-electron chi connectivity index (χ4n) is 3.64. The molecule has 2 aromatic carbocycles. The number of benzene rings is 2. The average Bonchev–Trinajstić information content (AvgIpc) is 3.30. The van der Waals surface area contributed by atoms with E-state index in [0.29, 0.717) is 19.7 Å². The van der Waals surface area contributed by atoms with E-state index in [1.807, 2.05) is 0 Å². The third-order valence-electron chi connectivity index (χ3n) is 5.60. The molecule has 0 saturated carbocycles. The number of aliphatic imine (C=N–C) groups is 1. The molecule has 0 radical (unpaired) electrons. The molecular weight excluding hydrogens is 400 g/mol. The Kier molecular flexibility index (Phi) is 9.38. The summed E-state index contributed by atoms with van der Waals surface area (Å²) < 4.78 is 11.7. The van der Waals surface area contributed by atoms with Gasteiger partial charge in [-0.1, -0.05) is 43.3 Å². The zero-order chi connectivity index (χ0) is 22.8. The van der Waals surface area contributed by atoms with Crippen molar-refractivity contribution in [1.29, 1.82) is 0 Å². The number of hydrogen-bond acceptors (Lipinski definition) is 4. The minimum absolute atomic E-state index is 0.136. The number of hydrogen-bond donors (Lipinski definition) is 2. The fourth-order valence-corrected chi connectivity index (χ4v) is 3.64. The van der Waals surface area contributed by atoms with Crippen LogP contribution in [0, 0.1) is 6.92 Å². The van der Waals surface area contributed by atoms with Crippen LogP contribution >= 0.6 is 0 Å². The molecule has 32 heavy (non-hydrogen) atoms. The lowest BCUT2D eigenvalue weighted by Gasteiger charge is -2.18. The van der Waals surface area contributed by atoms with Gasteiger partial charge in [-0.3, -0.25) is 0 Å². The van der Waals surface area contributed by atoms with Gasteiger partial charge in [-0.2, -0.15) is 0 Å². The second-order valence-corrected chi connectivity index (χ2v) is 8.41. The topological polar surface area (TPSA) is 58.1 Å². The summed E-state index contributed by atoms with van der Waals surface area (Å²) in [6, 6.07) is 15.0. The van der Waals surface area contributed by atoms with Gasteiger partial charge in [0.25, 0.3) is 0 Å². The van der Waals surface area contributed by atoms with Crippen molar-refractivity contribution in [2.24, 2.45) is 4.99 Å². The van der Waals surface area contributed by atoms with Gasteiger partial charge in [-0.15, -0.1) is 0 Å². The van der Waals surface area contributed by atoms with Gasteiger partial charge < -0.3 is 25.0 Å². The second-order valence-electron chi connectivity index (χ2n) is 8.41. The van der Waals surface area contributed by atoms with Crippen molar-refractivity contribution < 1.29 is 9.47 Å². The molecule has 174 valence electrons. The van der Waals surface area contributed by atoms with Crippen LogP contribution in [0.1, 0.15) is 42.5 Å². The summed E-state index contributed by atoms with van der Waals surface area (Å²) in [5, 5.41) is 6.82.